The molecule has 4 heteroatoms. The number of hydrogen-bond acceptors (Lipinski definition) is 3. The number of amides is 1. The summed E-state index contributed by atoms with van der Waals surface area (Å²) in [4.78, 5) is 11.7. The van der Waals surface area contributed by atoms with Gasteiger partial charge in [0.2, 0.25) is 0 Å². The van der Waals surface area contributed by atoms with E-state index in [-0.39, 0.29) is 12.5 Å². The molecule has 0 aromatic heterocycles. The Morgan fingerprint density at radius 3 is 2.33 bits per heavy atom. The summed E-state index contributed by atoms with van der Waals surface area (Å²) in [5.74, 6) is 0.549. The first-order valence-electron chi connectivity index (χ1n) is 6.90. The molecule has 0 heterocycles. The van der Waals surface area contributed by atoms with Gasteiger partial charge in [0.1, 0.15) is 5.75 Å². The second-order valence-electron chi connectivity index (χ2n) is 4.83. The summed E-state index contributed by atoms with van der Waals surface area (Å²) in [6.45, 7) is 2.57. The van der Waals surface area contributed by atoms with Gasteiger partial charge < -0.3 is 15.4 Å². The molecule has 2 aromatic carbocycles. The minimum atomic E-state index is -0.131. The summed E-state index contributed by atoms with van der Waals surface area (Å²) in [5.41, 5.74) is 3.29. The molecule has 0 unspecified atom stereocenters. The third kappa shape index (κ3) is 4.84. The van der Waals surface area contributed by atoms with Gasteiger partial charge in [-0.15, -0.1) is 0 Å². The molecular weight excluding hydrogens is 264 g/mol. The molecule has 0 atom stereocenters. The van der Waals surface area contributed by atoms with Crippen LogP contribution in [-0.4, -0.2) is 19.6 Å². The summed E-state index contributed by atoms with van der Waals surface area (Å²) in [5, 5.41) is 5.86. The van der Waals surface area contributed by atoms with E-state index in [4.69, 9.17) is 4.74 Å². The first-order valence-corrected chi connectivity index (χ1v) is 6.90. The van der Waals surface area contributed by atoms with Crippen LogP contribution in [0, 0.1) is 6.92 Å². The zero-order chi connectivity index (χ0) is 15.1. The Hall–Kier alpha value is -2.49. The Kier molecular flexibility index (Phi) is 5.21. The fourth-order valence-corrected chi connectivity index (χ4v) is 1.82. The van der Waals surface area contributed by atoms with Gasteiger partial charge in [0.25, 0.3) is 5.91 Å². The molecule has 0 saturated carbocycles. The molecule has 0 aliphatic rings. The van der Waals surface area contributed by atoms with Gasteiger partial charge in [0.05, 0.1) is 0 Å². The minimum Gasteiger partial charge on any atom is -0.484 e. The lowest BCUT2D eigenvalue weighted by Crippen LogP contribution is -2.28. The molecule has 110 valence electrons. The van der Waals surface area contributed by atoms with Gasteiger partial charge in [-0.2, -0.15) is 0 Å². The number of ether oxygens (including phenoxy) is 1. The third-order valence-corrected chi connectivity index (χ3v) is 3.12. The van der Waals surface area contributed by atoms with E-state index in [0.29, 0.717) is 12.3 Å². The number of carbonyl (C=O) groups excluding carboxylic acids is 1. The molecule has 0 radical (unpaired) electrons. The summed E-state index contributed by atoms with van der Waals surface area (Å²) in [7, 11) is 1.86. The average Bonchev–Trinajstić information content (AvgIpc) is 2.53. The van der Waals surface area contributed by atoms with Crippen molar-refractivity contribution >= 4 is 11.6 Å². The molecule has 0 saturated heterocycles. The Morgan fingerprint density at radius 2 is 1.71 bits per heavy atom. The fourth-order valence-electron chi connectivity index (χ4n) is 1.82. The number of aryl methyl sites for hydroxylation is 1. The lowest BCUT2D eigenvalue weighted by atomic mass is 10.1. The summed E-state index contributed by atoms with van der Waals surface area (Å²) >= 11 is 0. The van der Waals surface area contributed by atoms with Crippen LogP contribution in [0.4, 0.5) is 5.69 Å². The van der Waals surface area contributed by atoms with Gasteiger partial charge in [0, 0.05) is 19.3 Å². The highest BCUT2D eigenvalue weighted by Gasteiger charge is 2.03. The predicted octanol–water partition coefficient (Wildman–Crippen LogP) is 2.73. The van der Waals surface area contributed by atoms with Gasteiger partial charge >= 0.3 is 0 Å². The van der Waals surface area contributed by atoms with Crippen LogP contribution in [0.3, 0.4) is 0 Å². The van der Waals surface area contributed by atoms with Crippen LogP contribution in [0.15, 0.2) is 48.5 Å². The van der Waals surface area contributed by atoms with Crippen molar-refractivity contribution in [1.29, 1.82) is 0 Å². The normalized spacial score (nSPS) is 10.0. The molecule has 1 amide bonds. The van der Waals surface area contributed by atoms with Crippen molar-refractivity contribution in [2.75, 3.05) is 19.0 Å². The van der Waals surface area contributed by atoms with E-state index in [1.807, 2.05) is 62.5 Å². The Bertz CT molecular complexity index is 577. The maximum Gasteiger partial charge on any atom is 0.258 e. The average molecular weight is 284 g/mol. The van der Waals surface area contributed by atoms with E-state index < -0.39 is 0 Å². The van der Waals surface area contributed by atoms with Gasteiger partial charge in [-0.05, 0) is 36.8 Å². The maximum atomic E-state index is 11.7. The predicted molar refractivity (Wildman–Crippen MR) is 84.5 cm³/mol. The monoisotopic (exact) mass is 284 g/mol. The van der Waals surface area contributed by atoms with Crippen LogP contribution in [0.2, 0.25) is 0 Å². The summed E-state index contributed by atoms with van der Waals surface area (Å²) in [6, 6.07) is 15.5. The van der Waals surface area contributed by atoms with Gasteiger partial charge in [-0.25, -0.2) is 0 Å². The zero-order valence-corrected chi connectivity index (χ0v) is 12.3. The first kappa shape index (κ1) is 14.9. The lowest BCUT2D eigenvalue weighted by molar-refractivity contribution is -0.123. The van der Waals surface area contributed by atoms with Crippen LogP contribution >= 0.6 is 0 Å². The van der Waals surface area contributed by atoms with Crippen molar-refractivity contribution in [3.8, 4) is 5.75 Å². The Balaban J connectivity index is 1.75. The third-order valence-electron chi connectivity index (χ3n) is 3.12. The quantitative estimate of drug-likeness (QED) is 0.857. The van der Waals surface area contributed by atoms with Crippen molar-refractivity contribution < 1.29 is 9.53 Å². The number of hydrogen-bond donors (Lipinski definition) is 2. The van der Waals surface area contributed by atoms with Crippen molar-refractivity contribution in [3.63, 3.8) is 0 Å². The van der Waals surface area contributed by atoms with E-state index >= 15 is 0 Å². The van der Waals surface area contributed by atoms with E-state index in [2.05, 4.69) is 10.6 Å². The molecule has 4 nitrogen and oxygen atoms in total. The minimum absolute atomic E-state index is 0.0186. The lowest BCUT2D eigenvalue weighted by Gasteiger charge is -2.08. The van der Waals surface area contributed by atoms with Gasteiger partial charge in [0.15, 0.2) is 6.61 Å². The second kappa shape index (κ2) is 7.33. The number of benzene rings is 2. The van der Waals surface area contributed by atoms with Gasteiger partial charge in [-0.1, -0.05) is 29.8 Å². The number of carbonyl (C=O) groups is 1. The Morgan fingerprint density at radius 1 is 1.05 bits per heavy atom. The highest BCUT2D eigenvalue weighted by atomic mass is 16.5. The van der Waals surface area contributed by atoms with E-state index in [1.165, 1.54) is 5.56 Å². The molecule has 0 spiro atoms. The van der Waals surface area contributed by atoms with E-state index in [0.717, 1.165) is 11.3 Å². The summed E-state index contributed by atoms with van der Waals surface area (Å²) in [6.07, 6.45) is 0. The molecule has 0 aliphatic carbocycles. The van der Waals surface area contributed by atoms with Gasteiger partial charge in [-0.3, -0.25) is 4.79 Å². The summed E-state index contributed by atoms with van der Waals surface area (Å²) < 4.78 is 5.44. The first-order chi connectivity index (χ1) is 10.2. The van der Waals surface area contributed by atoms with Crippen LogP contribution in [-0.2, 0) is 11.3 Å². The maximum absolute atomic E-state index is 11.7. The van der Waals surface area contributed by atoms with Crippen molar-refractivity contribution in [3.05, 3.63) is 59.7 Å². The molecule has 2 rings (SSSR count). The van der Waals surface area contributed by atoms with Crippen molar-refractivity contribution in [1.82, 2.24) is 5.32 Å². The molecule has 2 N–H and O–H groups in total. The second-order valence-corrected chi connectivity index (χ2v) is 4.83. The Labute approximate surface area is 125 Å². The van der Waals surface area contributed by atoms with E-state index in [9.17, 15) is 4.79 Å². The molecule has 21 heavy (non-hydrogen) atoms. The highest BCUT2D eigenvalue weighted by molar-refractivity contribution is 5.77. The topological polar surface area (TPSA) is 50.4 Å². The SMILES string of the molecule is CNc1ccc(OCC(=O)NCc2ccc(C)cc2)cc1. The largest absolute Gasteiger partial charge is 0.484 e. The zero-order valence-electron chi connectivity index (χ0n) is 12.3. The highest BCUT2D eigenvalue weighted by Crippen LogP contribution is 2.14. The number of nitrogens with one attached hydrogen (secondary N) is 2. The van der Waals surface area contributed by atoms with Crippen LogP contribution in [0.5, 0.6) is 5.75 Å². The molecule has 0 bridgehead atoms. The van der Waals surface area contributed by atoms with Crippen molar-refractivity contribution in [2.24, 2.45) is 0 Å². The molecule has 0 fully saturated rings. The van der Waals surface area contributed by atoms with Crippen LogP contribution in [0.25, 0.3) is 0 Å². The number of rotatable bonds is 6. The van der Waals surface area contributed by atoms with E-state index in [1.54, 1.807) is 0 Å². The molecule has 0 aliphatic heterocycles. The van der Waals surface area contributed by atoms with Crippen LogP contribution in [0.1, 0.15) is 11.1 Å². The van der Waals surface area contributed by atoms with Crippen LogP contribution < -0.4 is 15.4 Å². The smallest absolute Gasteiger partial charge is 0.258 e. The fraction of sp³-hybridized carbons (Fsp3) is 0.235. The molecular formula is C17H20N2O2. The molecule has 2 aromatic rings. The standard InChI is InChI=1S/C17H20N2O2/c1-13-3-5-14(6-4-13)11-19-17(20)12-21-16-9-7-15(18-2)8-10-16/h3-10,18H,11-12H2,1-2H3,(H,19,20). The number of anilines is 1. The van der Waals surface area contributed by atoms with Crippen molar-refractivity contribution in [2.45, 2.75) is 13.5 Å².